The maximum Gasteiger partial charge on any atom is 0.248 e. The molecule has 0 unspecified atom stereocenters. The molecule has 0 spiro atoms. The number of nitrogens with one attached hydrogen (secondary N) is 1. The minimum absolute atomic E-state index is 0.107. The molecule has 0 saturated heterocycles. The lowest BCUT2D eigenvalue weighted by Gasteiger charge is -2.20. The molecule has 0 heterocycles. The molecule has 0 fully saturated rings. The SMILES string of the molecule is CCN(CC)S(=O)(=O)c1ccc(OC(C)C)c(NC(=O)/C=C/c2ccc(N(C)C)cc2)c1. The van der Waals surface area contributed by atoms with Crippen LogP contribution in [0.3, 0.4) is 0 Å². The van der Waals surface area contributed by atoms with Crippen LogP contribution in [-0.2, 0) is 14.8 Å². The smallest absolute Gasteiger partial charge is 0.248 e. The fourth-order valence-corrected chi connectivity index (χ4v) is 4.55. The highest BCUT2D eigenvalue weighted by Crippen LogP contribution is 2.30. The Kier molecular flexibility index (Phi) is 8.86. The Balaban J connectivity index is 2.29. The van der Waals surface area contributed by atoms with Gasteiger partial charge in [0.1, 0.15) is 5.75 Å². The van der Waals surface area contributed by atoms with E-state index < -0.39 is 10.0 Å². The Morgan fingerprint density at radius 3 is 2.22 bits per heavy atom. The van der Waals surface area contributed by atoms with Gasteiger partial charge >= 0.3 is 0 Å². The first-order chi connectivity index (χ1) is 15.1. The van der Waals surface area contributed by atoms with Gasteiger partial charge in [-0.2, -0.15) is 4.31 Å². The van der Waals surface area contributed by atoms with Gasteiger partial charge in [0.25, 0.3) is 0 Å². The van der Waals surface area contributed by atoms with E-state index in [1.807, 2.05) is 57.1 Å². The lowest BCUT2D eigenvalue weighted by molar-refractivity contribution is -0.111. The van der Waals surface area contributed by atoms with Crippen LogP contribution in [0.15, 0.2) is 53.4 Å². The van der Waals surface area contributed by atoms with Gasteiger partial charge in [0.05, 0.1) is 16.7 Å². The standard InChI is InChI=1S/C24H33N3O4S/c1-7-27(8-2)32(29,30)21-14-15-23(31-18(3)4)22(17-21)25-24(28)16-11-19-9-12-20(13-10-19)26(5)6/h9-18H,7-8H2,1-6H3,(H,25,28)/b16-11+. The number of nitrogens with zero attached hydrogens (tertiary/aromatic N) is 2. The highest BCUT2D eigenvalue weighted by Gasteiger charge is 2.23. The van der Waals surface area contributed by atoms with Crippen molar-refractivity contribution in [2.75, 3.05) is 37.4 Å². The zero-order chi connectivity index (χ0) is 23.9. The molecule has 1 amide bonds. The summed E-state index contributed by atoms with van der Waals surface area (Å²) in [5.41, 5.74) is 2.25. The maximum absolute atomic E-state index is 12.9. The number of ether oxygens (including phenoxy) is 1. The fraction of sp³-hybridized carbons (Fsp3) is 0.375. The summed E-state index contributed by atoms with van der Waals surface area (Å²) in [5.74, 6) is 0.0308. The van der Waals surface area contributed by atoms with Gasteiger partial charge in [-0.3, -0.25) is 4.79 Å². The fourth-order valence-electron chi connectivity index (χ4n) is 3.07. The van der Waals surface area contributed by atoms with Crippen molar-refractivity contribution < 1.29 is 17.9 Å². The number of hydrogen-bond donors (Lipinski definition) is 1. The predicted octanol–water partition coefficient (Wildman–Crippen LogP) is 4.22. The van der Waals surface area contributed by atoms with Gasteiger partial charge in [-0.1, -0.05) is 26.0 Å². The summed E-state index contributed by atoms with van der Waals surface area (Å²) < 4.78 is 33.0. The van der Waals surface area contributed by atoms with Crippen molar-refractivity contribution in [2.24, 2.45) is 0 Å². The Bertz CT molecular complexity index is 1040. The summed E-state index contributed by atoms with van der Waals surface area (Å²) in [6, 6.07) is 12.3. The summed E-state index contributed by atoms with van der Waals surface area (Å²) in [6.45, 7) is 8.03. The van der Waals surface area contributed by atoms with Crippen LogP contribution in [0.2, 0.25) is 0 Å². The minimum Gasteiger partial charge on any atom is -0.489 e. The molecule has 32 heavy (non-hydrogen) atoms. The molecular weight excluding hydrogens is 426 g/mol. The number of hydrogen-bond acceptors (Lipinski definition) is 5. The molecule has 0 aliphatic carbocycles. The van der Waals surface area contributed by atoms with E-state index >= 15 is 0 Å². The van der Waals surface area contributed by atoms with Gasteiger partial charge in [-0.25, -0.2) is 8.42 Å². The summed E-state index contributed by atoms with van der Waals surface area (Å²) >= 11 is 0. The Morgan fingerprint density at radius 2 is 1.69 bits per heavy atom. The Hall–Kier alpha value is -2.84. The second-order valence-electron chi connectivity index (χ2n) is 7.72. The lowest BCUT2D eigenvalue weighted by Crippen LogP contribution is -2.30. The molecule has 2 aromatic carbocycles. The third kappa shape index (κ3) is 6.58. The molecule has 0 aliphatic rings. The van der Waals surface area contributed by atoms with E-state index in [2.05, 4.69) is 5.32 Å². The number of anilines is 2. The first-order valence-electron chi connectivity index (χ1n) is 10.7. The second kappa shape index (κ2) is 11.2. The van der Waals surface area contributed by atoms with E-state index in [-0.39, 0.29) is 16.9 Å². The van der Waals surface area contributed by atoms with Crippen molar-refractivity contribution in [3.63, 3.8) is 0 Å². The minimum atomic E-state index is -3.67. The van der Waals surface area contributed by atoms with Crippen molar-refractivity contribution in [3.05, 3.63) is 54.1 Å². The number of benzene rings is 2. The summed E-state index contributed by atoms with van der Waals surface area (Å²) in [7, 11) is 0.257. The monoisotopic (exact) mass is 459 g/mol. The molecule has 7 nitrogen and oxygen atoms in total. The summed E-state index contributed by atoms with van der Waals surface area (Å²) in [6.07, 6.45) is 2.98. The zero-order valence-electron chi connectivity index (χ0n) is 19.6. The number of rotatable bonds is 10. The first kappa shape index (κ1) is 25.4. The Morgan fingerprint density at radius 1 is 1.06 bits per heavy atom. The molecule has 174 valence electrons. The molecular formula is C24H33N3O4S. The highest BCUT2D eigenvalue weighted by molar-refractivity contribution is 7.89. The Labute approximate surface area is 191 Å². The van der Waals surface area contributed by atoms with Gasteiger partial charge in [0.2, 0.25) is 15.9 Å². The zero-order valence-corrected chi connectivity index (χ0v) is 20.4. The molecule has 2 aromatic rings. The van der Waals surface area contributed by atoms with E-state index in [0.29, 0.717) is 24.5 Å². The van der Waals surface area contributed by atoms with Crippen LogP contribution in [0.5, 0.6) is 5.75 Å². The van der Waals surface area contributed by atoms with Crippen molar-refractivity contribution >= 4 is 33.4 Å². The van der Waals surface area contributed by atoms with Crippen LogP contribution in [-0.4, -0.2) is 51.9 Å². The normalized spacial score (nSPS) is 11.9. The van der Waals surface area contributed by atoms with Gasteiger partial charge < -0.3 is 15.0 Å². The van der Waals surface area contributed by atoms with Crippen molar-refractivity contribution in [2.45, 2.75) is 38.7 Å². The van der Waals surface area contributed by atoms with Crippen LogP contribution in [0.4, 0.5) is 11.4 Å². The molecule has 0 aliphatic heterocycles. The van der Waals surface area contributed by atoms with E-state index in [9.17, 15) is 13.2 Å². The van der Waals surface area contributed by atoms with Gasteiger partial charge in [-0.05, 0) is 55.8 Å². The summed E-state index contributed by atoms with van der Waals surface area (Å²) in [5, 5.41) is 2.76. The van der Waals surface area contributed by atoms with Crippen LogP contribution >= 0.6 is 0 Å². The molecule has 1 N–H and O–H groups in total. The van der Waals surface area contributed by atoms with E-state index in [4.69, 9.17) is 4.74 Å². The molecule has 0 atom stereocenters. The van der Waals surface area contributed by atoms with Crippen LogP contribution in [0, 0.1) is 0 Å². The van der Waals surface area contributed by atoms with Crippen LogP contribution in [0.25, 0.3) is 6.08 Å². The van der Waals surface area contributed by atoms with Crippen molar-refractivity contribution in [1.82, 2.24) is 4.31 Å². The number of amides is 1. The summed E-state index contributed by atoms with van der Waals surface area (Å²) in [4.78, 5) is 14.7. The molecule has 0 saturated carbocycles. The van der Waals surface area contributed by atoms with E-state index in [0.717, 1.165) is 11.3 Å². The van der Waals surface area contributed by atoms with Gasteiger partial charge in [-0.15, -0.1) is 0 Å². The number of carbonyl (C=O) groups excluding carboxylic acids is 1. The predicted molar refractivity (Wildman–Crippen MR) is 131 cm³/mol. The maximum atomic E-state index is 12.9. The van der Waals surface area contributed by atoms with Crippen molar-refractivity contribution in [3.8, 4) is 5.75 Å². The first-order valence-corrected chi connectivity index (χ1v) is 12.1. The molecule has 2 rings (SSSR count). The average Bonchev–Trinajstić information content (AvgIpc) is 2.74. The molecule has 0 radical (unpaired) electrons. The second-order valence-corrected chi connectivity index (χ2v) is 9.66. The van der Waals surface area contributed by atoms with Crippen LogP contribution < -0.4 is 15.0 Å². The third-order valence-electron chi connectivity index (χ3n) is 4.75. The molecule has 0 aromatic heterocycles. The highest BCUT2D eigenvalue weighted by atomic mass is 32.2. The van der Waals surface area contributed by atoms with E-state index in [1.54, 1.807) is 26.0 Å². The number of carbonyl (C=O) groups is 1. The number of sulfonamides is 1. The lowest BCUT2D eigenvalue weighted by atomic mass is 10.2. The van der Waals surface area contributed by atoms with Crippen LogP contribution in [0.1, 0.15) is 33.3 Å². The molecule has 8 heteroatoms. The van der Waals surface area contributed by atoms with Crippen molar-refractivity contribution in [1.29, 1.82) is 0 Å². The largest absolute Gasteiger partial charge is 0.489 e. The third-order valence-corrected chi connectivity index (χ3v) is 6.80. The van der Waals surface area contributed by atoms with E-state index in [1.165, 1.54) is 22.5 Å². The quantitative estimate of drug-likeness (QED) is 0.538. The molecule has 0 bridgehead atoms. The topological polar surface area (TPSA) is 79.0 Å². The van der Waals surface area contributed by atoms with Gasteiger partial charge in [0, 0.05) is 38.9 Å². The average molecular weight is 460 g/mol. The van der Waals surface area contributed by atoms with Gasteiger partial charge in [0.15, 0.2) is 0 Å².